The monoisotopic (exact) mass is 282 g/mol. The van der Waals surface area contributed by atoms with Crippen molar-refractivity contribution >= 4 is 10.0 Å². The fourth-order valence-electron chi connectivity index (χ4n) is 2.28. The van der Waals surface area contributed by atoms with Crippen LogP contribution in [0.15, 0.2) is 29.2 Å². The summed E-state index contributed by atoms with van der Waals surface area (Å²) in [5, 5.41) is 0. The van der Waals surface area contributed by atoms with Crippen LogP contribution in [0.3, 0.4) is 0 Å². The van der Waals surface area contributed by atoms with Gasteiger partial charge >= 0.3 is 0 Å². The van der Waals surface area contributed by atoms with Crippen molar-refractivity contribution in [2.24, 2.45) is 11.1 Å². The lowest BCUT2D eigenvalue weighted by atomic mass is 9.83. The van der Waals surface area contributed by atoms with E-state index in [2.05, 4.69) is 13.8 Å². The molecule has 106 valence electrons. The molecule has 5 heteroatoms. The van der Waals surface area contributed by atoms with Crippen LogP contribution in [-0.4, -0.2) is 25.8 Å². The molecule has 0 radical (unpaired) electrons. The molecule has 1 aliphatic heterocycles. The van der Waals surface area contributed by atoms with E-state index in [-0.39, 0.29) is 5.41 Å². The Bertz CT molecular complexity index is 525. The number of hydrogen-bond acceptors (Lipinski definition) is 3. The molecule has 0 aliphatic carbocycles. The molecule has 1 heterocycles. The third-order valence-corrected chi connectivity index (χ3v) is 5.79. The topological polar surface area (TPSA) is 63.4 Å². The van der Waals surface area contributed by atoms with E-state index in [1.54, 1.807) is 28.6 Å². The summed E-state index contributed by atoms with van der Waals surface area (Å²) in [6.07, 6.45) is 1.82. The maximum Gasteiger partial charge on any atom is 0.243 e. The summed E-state index contributed by atoms with van der Waals surface area (Å²) in [6, 6.07) is 6.86. The fraction of sp³-hybridized carbons (Fsp3) is 0.571. The molecule has 0 bridgehead atoms. The van der Waals surface area contributed by atoms with Crippen LogP contribution < -0.4 is 5.73 Å². The van der Waals surface area contributed by atoms with Gasteiger partial charge in [-0.05, 0) is 36.0 Å². The lowest BCUT2D eigenvalue weighted by molar-refractivity contribution is 0.196. The minimum absolute atomic E-state index is 0.245. The summed E-state index contributed by atoms with van der Waals surface area (Å²) in [6.45, 7) is 6.01. The summed E-state index contributed by atoms with van der Waals surface area (Å²) in [7, 11) is -3.34. The summed E-state index contributed by atoms with van der Waals surface area (Å²) >= 11 is 0. The highest BCUT2D eigenvalue weighted by molar-refractivity contribution is 7.89. The van der Waals surface area contributed by atoms with Crippen LogP contribution >= 0.6 is 0 Å². The van der Waals surface area contributed by atoms with E-state index < -0.39 is 10.0 Å². The Morgan fingerprint density at radius 2 is 1.68 bits per heavy atom. The van der Waals surface area contributed by atoms with Crippen molar-refractivity contribution in [3.63, 3.8) is 0 Å². The predicted octanol–water partition coefficient (Wildman–Crippen LogP) is 1.96. The van der Waals surface area contributed by atoms with Gasteiger partial charge in [0.15, 0.2) is 0 Å². The van der Waals surface area contributed by atoms with Crippen LogP contribution in [0.1, 0.15) is 32.3 Å². The number of benzene rings is 1. The Kier molecular flexibility index (Phi) is 3.99. The fourth-order valence-corrected chi connectivity index (χ4v) is 3.72. The minimum Gasteiger partial charge on any atom is -0.326 e. The molecule has 1 aromatic rings. The normalized spacial score (nSPS) is 20.4. The molecule has 2 rings (SSSR count). The molecule has 0 saturated carbocycles. The van der Waals surface area contributed by atoms with Gasteiger partial charge in [-0.15, -0.1) is 0 Å². The van der Waals surface area contributed by atoms with Crippen LogP contribution in [0.25, 0.3) is 0 Å². The smallest absolute Gasteiger partial charge is 0.243 e. The van der Waals surface area contributed by atoms with Crippen LogP contribution in [-0.2, 0) is 16.6 Å². The Morgan fingerprint density at radius 3 is 2.16 bits per heavy atom. The second-order valence-electron chi connectivity index (χ2n) is 5.92. The van der Waals surface area contributed by atoms with Gasteiger partial charge in [-0.2, -0.15) is 4.31 Å². The van der Waals surface area contributed by atoms with Gasteiger partial charge in [0.05, 0.1) is 4.90 Å². The number of nitrogens with zero attached hydrogens (tertiary/aromatic N) is 1. The van der Waals surface area contributed by atoms with Crippen LogP contribution in [0.4, 0.5) is 0 Å². The van der Waals surface area contributed by atoms with Crippen molar-refractivity contribution in [2.45, 2.75) is 38.1 Å². The van der Waals surface area contributed by atoms with Gasteiger partial charge in [-0.25, -0.2) is 8.42 Å². The quantitative estimate of drug-likeness (QED) is 0.921. The zero-order chi connectivity index (χ0) is 14.1. The highest BCUT2D eigenvalue weighted by atomic mass is 32.2. The maximum atomic E-state index is 12.5. The zero-order valence-electron chi connectivity index (χ0n) is 11.6. The first kappa shape index (κ1) is 14.5. The van der Waals surface area contributed by atoms with Crippen molar-refractivity contribution in [3.8, 4) is 0 Å². The third-order valence-electron chi connectivity index (χ3n) is 3.87. The van der Waals surface area contributed by atoms with Crippen LogP contribution in [0, 0.1) is 5.41 Å². The molecule has 1 saturated heterocycles. The van der Waals surface area contributed by atoms with Crippen LogP contribution in [0.2, 0.25) is 0 Å². The molecule has 19 heavy (non-hydrogen) atoms. The molecule has 2 N–H and O–H groups in total. The molecule has 0 amide bonds. The molecular formula is C14H22N2O2S. The standard InChI is InChI=1S/C14H22N2O2S/c1-14(2)7-9-16(10-8-14)19(17,18)13-5-3-12(11-15)4-6-13/h3-6H,7-11,15H2,1-2H3. The summed E-state index contributed by atoms with van der Waals surface area (Å²) in [5.41, 5.74) is 6.71. The number of piperidine rings is 1. The largest absolute Gasteiger partial charge is 0.326 e. The molecule has 1 fully saturated rings. The van der Waals surface area contributed by atoms with E-state index in [0.29, 0.717) is 24.5 Å². The van der Waals surface area contributed by atoms with E-state index in [1.807, 2.05) is 0 Å². The first-order valence-corrected chi connectivity index (χ1v) is 8.08. The lowest BCUT2D eigenvalue weighted by Crippen LogP contribution is -2.41. The van der Waals surface area contributed by atoms with Gasteiger partial charge in [-0.3, -0.25) is 0 Å². The Morgan fingerprint density at radius 1 is 1.16 bits per heavy atom. The molecule has 0 unspecified atom stereocenters. The minimum atomic E-state index is -3.34. The molecule has 1 aromatic carbocycles. The van der Waals surface area contributed by atoms with Crippen LogP contribution in [0.5, 0.6) is 0 Å². The SMILES string of the molecule is CC1(C)CCN(S(=O)(=O)c2ccc(CN)cc2)CC1. The molecule has 0 aromatic heterocycles. The van der Waals surface area contributed by atoms with Crippen molar-refractivity contribution in [1.82, 2.24) is 4.31 Å². The molecule has 4 nitrogen and oxygen atoms in total. The first-order chi connectivity index (χ1) is 8.85. The van der Waals surface area contributed by atoms with Gasteiger partial charge in [0.25, 0.3) is 0 Å². The van der Waals surface area contributed by atoms with Crippen molar-refractivity contribution in [3.05, 3.63) is 29.8 Å². The van der Waals surface area contributed by atoms with E-state index in [9.17, 15) is 8.42 Å². The Labute approximate surface area is 115 Å². The third kappa shape index (κ3) is 3.16. The van der Waals surface area contributed by atoms with Gasteiger partial charge < -0.3 is 5.73 Å². The Hall–Kier alpha value is -0.910. The summed E-state index contributed by atoms with van der Waals surface area (Å²) < 4.78 is 26.6. The summed E-state index contributed by atoms with van der Waals surface area (Å²) in [5.74, 6) is 0. The van der Waals surface area contributed by atoms with Crippen molar-refractivity contribution in [2.75, 3.05) is 13.1 Å². The Balaban J connectivity index is 2.18. The van der Waals surface area contributed by atoms with E-state index in [0.717, 1.165) is 18.4 Å². The van der Waals surface area contributed by atoms with Crippen molar-refractivity contribution < 1.29 is 8.42 Å². The van der Waals surface area contributed by atoms with Gasteiger partial charge in [-0.1, -0.05) is 26.0 Å². The number of rotatable bonds is 3. The van der Waals surface area contributed by atoms with Gasteiger partial charge in [0.2, 0.25) is 10.0 Å². The highest BCUT2D eigenvalue weighted by Crippen LogP contribution is 2.32. The second-order valence-corrected chi connectivity index (χ2v) is 7.85. The molecule has 0 spiro atoms. The van der Waals surface area contributed by atoms with E-state index in [1.165, 1.54) is 0 Å². The molecule has 1 aliphatic rings. The summed E-state index contributed by atoms with van der Waals surface area (Å²) in [4.78, 5) is 0.365. The predicted molar refractivity (Wildman–Crippen MR) is 76.1 cm³/mol. The average molecular weight is 282 g/mol. The van der Waals surface area contributed by atoms with E-state index in [4.69, 9.17) is 5.73 Å². The number of hydrogen-bond donors (Lipinski definition) is 1. The van der Waals surface area contributed by atoms with Gasteiger partial charge in [0, 0.05) is 19.6 Å². The number of nitrogens with two attached hydrogens (primary N) is 1. The lowest BCUT2D eigenvalue weighted by Gasteiger charge is -2.36. The first-order valence-electron chi connectivity index (χ1n) is 6.64. The second kappa shape index (κ2) is 5.23. The average Bonchev–Trinajstić information content (AvgIpc) is 2.38. The molecular weight excluding hydrogens is 260 g/mol. The van der Waals surface area contributed by atoms with Gasteiger partial charge in [0.1, 0.15) is 0 Å². The highest BCUT2D eigenvalue weighted by Gasteiger charge is 2.32. The maximum absolute atomic E-state index is 12.5. The molecule has 0 atom stereocenters. The number of sulfonamides is 1. The zero-order valence-corrected chi connectivity index (χ0v) is 12.4. The van der Waals surface area contributed by atoms with Crippen molar-refractivity contribution in [1.29, 1.82) is 0 Å². The van der Waals surface area contributed by atoms with E-state index >= 15 is 0 Å².